The lowest BCUT2D eigenvalue weighted by molar-refractivity contribution is -0.132. The van der Waals surface area contributed by atoms with Crippen LogP contribution in [-0.2, 0) is 17.8 Å². The molecular formula is C22H20N4O2S. The van der Waals surface area contributed by atoms with E-state index in [1.807, 2.05) is 41.3 Å². The highest BCUT2D eigenvalue weighted by atomic mass is 32.1. The van der Waals surface area contributed by atoms with Crippen molar-refractivity contribution in [1.29, 1.82) is 0 Å². The summed E-state index contributed by atoms with van der Waals surface area (Å²) in [6.07, 6.45) is 1.62. The highest BCUT2D eigenvalue weighted by Gasteiger charge is 2.32. The number of hydrogen-bond donors (Lipinski definition) is 1. The van der Waals surface area contributed by atoms with E-state index in [1.165, 1.54) is 15.7 Å². The van der Waals surface area contributed by atoms with Gasteiger partial charge in [-0.3, -0.25) is 9.59 Å². The van der Waals surface area contributed by atoms with Crippen LogP contribution in [-0.4, -0.2) is 38.9 Å². The van der Waals surface area contributed by atoms with E-state index >= 15 is 0 Å². The van der Waals surface area contributed by atoms with Crippen molar-refractivity contribution in [1.82, 2.24) is 14.5 Å². The number of fused-ring (bicyclic) bond motifs is 4. The molecule has 2 aliphatic heterocycles. The Labute approximate surface area is 173 Å². The van der Waals surface area contributed by atoms with E-state index in [0.717, 1.165) is 23.9 Å². The van der Waals surface area contributed by atoms with E-state index in [2.05, 4.69) is 22.4 Å². The quantitative estimate of drug-likeness (QED) is 0.676. The van der Waals surface area contributed by atoms with E-state index < -0.39 is 6.04 Å². The number of hydrogen-bond acceptors (Lipinski definition) is 5. The molecule has 0 aliphatic carbocycles. The maximum atomic E-state index is 12.9. The van der Waals surface area contributed by atoms with Gasteiger partial charge < -0.3 is 10.2 Å². The molecule has 146 valence electrons. The summed E-state index contributed by atoms with van der Waals surface area (Å²) >= 11 is 5.33. The van der Waals surface area contributed by atoms with Crippen molar-refractivity contribution in [2.75, 3.05) is 11.9 Å². The zero-order valence-corrected chi connectivity index (χ0v) is 16.6. The van der Waals surface area contributed by atoms with Gasteiger partial charge in [-0.1, -0.05) is 36.4 Å². The van der Waals surface area contributed by atoms with Crippen LogP contribution in [0.4, 0.5) is 5.82 Å². The van der Waals surface area contributed by atoms with Gasteiger partial charge >= 0.3 is 0 Å². The zero-order chi connectivity index (χ0) is 20.0. The number of carbonyl (C=O) groups is 2. The van der Waals surface area contributed by atoms with E-state index in [-0.39, 0.29) is 16.6 Å². The van der Waals surface area contributed by atoms with Gasteiger partial charge in [-0.2, -0.15) is 0 Å². The predicted octanol–water partition coefficient (Wildman–Crippen LogP) is 3.57. The fourth-order valence-electron chi connectivity index (χ4n) is 4.20. The standard InChI is InChI=1S/C22H20N4O2S/c27-19(25-12-11-14-5-1-2-6-15(14)13-25)10-9-18-21(28)26-20(23-18)16-7-3-4-8-17(16)24-22(26)29/h1-8,18,23H,9-13H2/t18-/m0/s1. The summed E-state index contributed by atoms with van der Waals surface area (Å²) in [5.74, 6) is 0.617. The Morgan fingerprint density at radius 3 is 2.76 bits per heavy atom. The van der Waals surface area contributed by atoms with Gasteiger partial charge in [0.2, 0.25) is 10.7 Å². The molecular weight excluding hydrogens is 384 g/mol. The summed E-state index contributed by atoms with van der Waals surface area (Å²) < 4.78 is 1.71. The highest BCUT2D eigenvalue weighted by molar-refractivity contribution is 7.71. The first kappa shape index (κ1) is 18.0. The molecule has 0 spiro atoms. The van der Waals surface area contributed by atoms with Gasteiger partial charge in [-0.15, -0.1) is 0 Å². The fraction of sp³-hybridized carbons (Fsp3) is 0.273. The van der Waals surface area contributed by atoms with E-state index in [0.29, 0.717) is 25.2 Å². The monoisotopic (exact) mass is 404 g/mol. The molecule has 5 rings (SSSR count). The number of anilines is 1. The Kier molecular flexibility index (Phi) is 4.39. The molecule has 29 heavy (non-hydrogen) atoms. The molecule has 0 saturated carbocycles. The molecule has 6 nitrogen and oxygen atoms in total. The summed E-state index contributed by atoms with van der Waals surface area (Å²) in [5.41, 5.74) is 3.28. The molecule has 2 aliphatic rings. The topological polar surface area (TPSA) is 67.2 Å². The van der Waals surface area contributed by atoms with E-state index in [9.17, 15) is 9.59 Å². The van der Waals surface area contributed by atoms with Gasteiger partial charge in [0.1, 0.15) is 11.9 Å². The van der Waals surface area contributed by atoms with Crippen LogP contribution in [0.3, 0.4) is 0 Å². The second kappa shape index (κ2) is 7.08. The summed E-state index contributed by atoms with van der Waals surface area (Å²) in [6.45, 7) is 1.36. The maximum absolute atomic E-state index is 12.9. The normalized spacial score (nSPS) is 17.7. The number of rotatable bonds is 3. The minimum absolute atomic E-state index is 0.0802. The smallest absolute Gasteiger partial charge is 0.257 e. The SMILES string of the molecule is O=C(CC[C@@H]1Nc2c3ccccc3nc(=S)n2C1=O)N1CCc2ccccc2C1. The molecule has 7 heteroatoms. The molecule has 1 aromatic heterocycles. The molecule has 0 bridgehead atoms. The summed E-state index contributed by atoms with van der Waals surface area (Å²) in [5, 5.41) is 4.14. The third-order valence-corrected chi connectivity index (χ3v) is 6.02. The molecule has 1 atom stereocenters. The van der Waals surface area contributed by atoms with Crippen molar-refractivity contribution in [2.24, 2.45) is 0 Å². The number of carbonyl (C=O) groups excluding carboxylic acids is 2. The van der Waals surface area contributed by atoms with Gasteiger partial charge in [-0.05, 0) is 48.3 Å². The van der Waals surface area contributed by atoms with Crippen LogP contribution in [0.15, 0.2) is 48.5 Å². The largest absolute Gasteiger partial charge is 0.359 e. The van der Waals surface area contributed by atoms with Crippen molar-refractivity contribution in [3.63, 3.8) is 0 Å². The lowest BCUT2D eigenvalue weighted by Gasteiger charge is -2.29. The third kappa shape index (κ3) is 3.11. The maximum Gasteiger partial charge on any atom is 0.257 e. The second-order valence-electron chi connectivity index (χ2n) is 7.50. The Hall–Kier alpha value is -3.06. The van der Waals surface area contributed by atoms with Crippen molar-refractivity contribution in [3.8, 4) is 0 Å². The second-order valence-corrected chi connectivity index (χ2v) is 7.87. The molecule has 3 aromatic rings. The Morgan fingerprint density at radius 1 is 1.14 bits per heavy atom. The van der Waals surface area contributed by atoms with Crippen LogP contribution in [0.1, 0.15) is 28.8 Å². The van der Waals surface area contributed by atoms with Crippen LogP contribution in [0.5, 0.6) is 0 Å². The van der Waals surface area contributed by atoms with E-state index in [1.54, 1.807) is 0 Å². The number of nitrogens with zero attached hydrogens (tertiary/aromatic N) is 3. The van der Waals surface area contributed by atoms with E-state index in [4.69, 9.17) is 12.2 Å². The van der Waals surface area contributed by atoms with Crippen LogP contribution in [0, 0.1) is 4.77 Å². The molecule has 0 saturated heterocycles. The van der Waals surface area contributed by atoms with Gasteiger partial charge in [0.15, 0.2) is 0 Å². The number of para-hydroxylation sites is 1. The number of nitrogens with one attached hydrogen (secondary N) is 1. The highest BCUT2D eigenvalue weighted by Crippen LogP contribution is 2.29. The molecule has 0 fully saturated rings. The van der Waals surface area contributed by atoms with Gasteiger partial charge in [0, 0.05) is 24.9 Å². The Morgan fingerprint density at radius 2 is 1.90 bits per heavy atom. The summed E-state index contributed by atoms with van der Waals surface area (Å²) in [7, 11) is 0. The molecule has 1 amide bonds. The minimum Gasteiger partial charge on any atom is -0.359 e. The molecule has 3 heterocycles. The Balaban J connectivity index is 1.30. The van der Waals surface area contributed by atoms with Crippen LogP contribution in [0.25, 0.3) is 10.9 Å². The van der Waals surface area contributed by atoms with Crippen molar-refractivity contribution >= 4 is 40.8 Å². The first-order valence-electron chi connectivity index (χ1n) is 9.79. The number of benzene rings is 2. The van der Waals surface area contributed by atoms with Gasteiger partial charge in [0.25, 0.3) is 5.91 Å². The first-order chi connectivity index (χ1) is 14.1. The lowest BCUT2D eigenvalue weighted by Crippen LogP contribution is -2.37. The first-order valence-corrected chi connectivity index (χ1v) is 10.2. The van der Waals surface area contributed by atoms with Crippen molar-refractivity contribution < 1.29 is 9.59 Å². The van der Waals surface area contributed by atoms with Crippen molar-refractivity contribution in [3.05, 3.63) is 64.4 Å². The predicted molar refractivity (Wildman–Crippen MR) is 113 cm³/mol. The number of aromatic nitrogens is 2. The Bertz CT molecular complexity index is 1200. The average Bonchev–Trinajstić information content (AvgIpc) is 3.09. The molecule has 1 N–H and O–H groups in total. The van der Waals surface area contributed by atoms with Gasteiger partial charge in [0.05, 0.1) is 5.52 Å². The number of amides is 1. The molecule has 0 unspecified atom stereocenters. The van der Waals surface area contributed by atoms with Gasteiger partial charge in [-0.25, -0.2) is 9.55 Å². The van der Waals surface area contributed by atoms with Crippen LogP contribution in [0.2, 0.25) is 0 Å². The zero-order valence-electron chi connectivity index (χ0n) is 15.8. The third-order valence-electron chi connectivity index (χ3n) is 5.75. The van der Waals surface area contributed by atoms with Crippen molar-refractivity contribution in [2.45, 2.75) is 31.8 Å². The molecule has 2 aromatic carbocycles. The molecule has 0 radical (unpaired) electrons. The summed E-state index contributed by atoms with van der Waals surface area (Å²) in [6, 6.07) is 15.4. The lowest BCUT2D eigenvalue weighted by atomic mass is 9.99. The average molecular weight is 404 g/mol. The fourth-order valence-corrected chi connectivity index (χ4v) is 4.48. The minimum atomic E-state index is -0.467. The van der Waals surface area contributed by atoms with Crippen LogP contribution >= 0.6 is 12.2 Å². The van der Waals surface area contributed by atoms with Crippen LogP contribution < -0.4 is 5.32 Å². The summed E-state index contributed by atoms with van der Waals surface area (Å²) in [4.78, 5) is 31.9.